The number of sulfonamides is 1. The quantitative estimate of drug-likeness (QED) is 0.409. The lowest BCUT2D eigenvalue weighted by Gasteiger charge is -2.24. The number of fused-ring (bicyclic) bond motifs is 1. The molecule has 1 heterocycles. The van der Waals surface area contributed by atoms with Gasteiger partial charge in [-0.1, -0.05) is 62.4 Å². The molecule has 0 bridgehead atoms. The molecular formula is C29H29F3N4O4S. The second-order valence-electron chi connectivity index (χ2n) is 9.99. The molecule has 0 spiro atoms. The van der Waals surface area contributed by atoms with E-state index in [0.717, 1.165) is 12.1 Å². The molecule has 1 aliphatic heterocycles. The average molecular weight is 587 g/mol. The van der Waals surface area contributed by atoms with Crippen LogP contribution in [0.4, 0.5) is 18.9 Å². The zero-order valence-corrected chi connectivity index (χ0v) is 23.3. The Balaban J connectivity index is 1.65. The van der Waals surface area contributed by atoms with Crippen molar-refractivity contribution < 1.29 is 31.2 Å². The van der Waals surface area contributed by atoms with Crippen molar-refractivity contribution in [2.75, 3.05) is 11.9 Å². The van der Waals surface area contributed by atoms with Gasteiger partial charge in [-0.05, 0) is 42.7 Å². The van der Waals surface area contributed by atoms with E-state index in [1.54, 1.807) is 33.0 Å². The van der Waals surface area contributed by atoms with Crippen LogP contribution in [0.5, 0.6) is 0 Å². The Morgan fingerprint density at radius 3 is 2.20 bits per heavy atom. The summed E-state index contributed by atoms with van der Waals surface area (Å²) in [5, 5.41) is 2.59. The molecule has 0 radical (unpaired) electrons. The maximum atomic E-state index is 13.5. The number of carbonyl (C=O) groups is 2. The molecule has 0 saturated heterocycles. The maximum Gasteiger partial charge on any atom is 0.416 e. The molecule has 1 aliphatic rings. The van der Waals surface area contributed by atoms with E-state index in [4.69, 9.17) is 0 Å². The van der Waals surface area contributed by atoms with Gasteiger partial charge in [-0.25, -0.2) is 13.4 Å². The van der Waals surface area contributed by atoms with Crippen LogP contribution in [0.2, 0.25) is 0 Å². The second-order valence-corrected chi connectivity index (χ2v) is 11.7. The van der Waals surface area contributed by atoms with E-state index in [1.165, 1.54) is 4.90 Å². The Labute approximate surface area is 236 Å². The minimum absolute atomic E-state index is 0.0535. The summed E-state index contributed by atoms with van der Waals surface area (Å²) in [7, 11) is -2.83. The Bertz CT molecular complexity index is 1560. The first-order chi connectivity index (χ1) is 19.3. The lowest BCUT2D eigenvalue weighted by molar-refractivity contribution is -0.137. The molecule has 3 aromatic rings. The number of amides is 2. The van der Waals surface area contributed by atoms with Crippen LogP contribution in [0.3, 0.4) is 0 Å². The number of halogens is 3. The summed E-state index contributed by atoms with van der Waals surface area (Å²) in [6.45, 7) is 3.55. The molecule has 0 aliphatic carbocycles. The van der Waals surface area contributed by atoms with Crippen molar-refractivity contribution in [3.8, 4) is 0 Å². The lowest BCUT2D eigenvalue weighted by Crippen LogP contribution is -2.53. The van der Waals surface area contributed by atoms with Crippen LogP contribution in [0.15, 0.2) is 88.8 Å². The first-order valence-corrected chi connectivity index (χ1v) is 14.3. The van der Waals surface area contributed by atoms with Crippen LogP contribution in [0, 0.1) is 5.92 Å². The number of hydrogen-bond acceptors (Lipinski definition) is 5. The highest BCUT2D eigenvalue weighted by atomic mass is 32.2. The van der Waals surface area contributed by atoms with E-state index in [-0.39, 0.29) is 12.3 Å². The van der Waals surface area contributed by atoms with Gasteiger partial charge >= 0.3 is 6.18 Å². The fourth-order valence-electron chi connectivity index (χ4n) is 4.44. The summed E-state index contributed by atoms with van der Waals surface area (Å²) in [6, 6.07) is 17.9. The summed E-state index contributed by atoms with van der Waals surface area (Å²) in [4.78, 5) is 32.5. The summed E-state index contributed by atoms with van der Waals surface area (Å²) in [5.41, 5.74) is 1.43. The summed E-state index contributed by atoms with van der Waals surface area (Å²) in [5.74, 6) is -1.49. The van der Waals surface area contributed by atoms with Gasteiger partial charge in [0.2, 0.25) is 22.1 Å². The Hall–Kier alpha value is -4.03. The predicted octanol–water partition coefficient (Wildman–Crippen LogP) is 4.35. The lowest BCUT2D eigenvalue weighted by atomic mass is 10.0. The van der Waals surface area contributed by atoms with Crippen LogP contribution < -0.4 is 14.9 Å². The van der Waals surface area contributed by atoms with Crippen molar-refractivity contribution >= 4 is 33.2 Å². The maximum absolute atomic E-state index is 13.5. The fourth-order valence-corrected chi connectivity index (χ4v) is 5.64. The van der Waals surface area contributed by atoms with Gasteiger partial charge in [0.15, 0.2) is 0 Å². The fraction of sp³-hybridized carbons (Fsp3) is 0.276. The Kier molecular flexibility index (Phi) is 8.64. The molecule has 0 saturated carbocycles. The highest BCUT2D eigenvalue weighted by Crippen LogP contribution is 2.30. The van der Waals surface area contributed by atoms with Crippen molar-refractivity contribution in [3.05, 3.63) is 95.6 Å². The minimum atomic E-state index is -4.63. The molecular weight excluding hydrogens is 557 g/mol. The van der Waals surface area contributed by atoms with Crippen molar-refractivity contribution in [1.82, 2.24) is 10.0 Å². The standard InChI is InChI=1S/C29H29F3N4O4S/c1-18(2)17-23(35-41(39,40)21-15-13-20(14-16-21)29(30,31)32)27(37)34-26-28(38)36(3)24-12-8-7-11-22(24)25(33-26)19-9-5-4-6-10-19/h4-16,18,23,26,35H,17H2,1-3H3,(H,34,37). The highest BCUT2D eigenvalue weighted by molar-refractivity contribution is 7.89. The molecule has 0 aromatic heterocycles. The number of likely N-dealkylation sites (N-methyl/N-ethyl adjacent to an activating group) is 1. The van der Waals surface area contributed by atoms with Crippen LogP contribution in [0.1, 0.15) is 37.0 Å². The molecule has 2 N–H and O–H groups in total. The molecule has 0 fully saturated rings. The number of aliphatic imine (C=N–C) groups is 1. The predicted molar refractivity (Wildman–Crippen MR) is 149 cm³/mol. The SMILES string of the molecule is CC(C)CC(NS(=O)(=O)c1ccc(C(F)(F)F)cc1)C(=O)NC1N=C(c2ccccc2)c2ccccc2N(C)C1=O. The molecule has 2 amide bonds. The third-order valence-electron chi connectivity index (χ3n) is 6.48. The molecule has 2 unspecified atom stereocenters. The first kappa shape index (κ1) is 29.9. The van der Waals surface area contributed by atoms with E-state index in [2.05, 4.69) is 15.0 Å². The summed E-state index contributed by atoms with van der Waals surface area (Å²) >= 11 is 0. The van der Waals surface area contributed by atoms with E-state index in [0.29, 0.717) is 34.7 Å². The zero-order valence-electron chi connectivity index (χ0n) is 22.5. The van der Waals surface area contributed by atoms with Gasteiger partial charge in [0.25, 0.3) is 5.91 Å². The van der Waals surface area contributed by atoms with E-state index in [1.807, 2.05) is 42.5 Å². The molecule has 2 atom stereocenters. The van der Waals surface area contributed by atoms with Crippen molar-refractivity contribution in [2.24, 2.45) is 10.9 Å². The summed E-state index contributed by atoms with van der Waals surface area (Å²) < 4.78 is 67.3. The molecule has 3 aromatic carbocycles. The number of para-hydroxylation sites is 1. The number of nitrogens with zero attached hydrogens (tertiary/aromatic N) is 2. The van der Waals surface area contributed by atoms with E-state index in [9.17, 15) is 31.2 Å². The van der Waals surface area contributed by atoms with Gasteiger partial charge in [0.1, 0.15) is 6.04 Å². The number of nitrogens with one attached hydrogen (secondary N) is 2. The third kappa shape index (κ3) is 6.83. The topological polar surface area (TPSA) is 108 Å². The summed E-state index contributed by atoms with van der Waals surface area (Å²) in [6.07, 6.45) is -5.95. The van der Waals surface area contributed by atoms with Crippen LogP contribution >= 0.6 is 0 Å². The van der Waals surface area contributed by atoms with Crippen LogP contribution in [0.25, 0.3) is 0 Å². The smallest absolute Gasteiger partial charge is 0.325 e. The van der Waals surface area contributed by atoms with Gasteiger partial charge < -0.3 is 10.2 Å². The van der Waals surface area contributed by atoms with Gasteiger partial charge in [-0.3, -0.25) is 9.59 Å². The van der Waals surface area contributed by atoms with Crippen molar-refractivity contribution in [1.29, 1.82) is 0 Å². The molecule has 41 heavy (non-hydrogen) atoms. The highest BCUT2D eigenvalue weighted by Gasteiger charge is 2.35. The van der Waals surface area contributed by atoms with Gasteiger partial charge in [-0.2, -0.15) is 17.9 Å². The third-order valence-corrected chi connectivity index (χ3v) is 7.97. The normalized spacial score (nSPS) is 16.6. The van der Waals surface area contributed by atoms with Gasteiger partial charge in [0, 0.05) is 18.2 Å². The van der Waals surface area contributed by atoms with Crippen LogP contribution in [-0.4, -0.2) is 45.2 Å². The van der Waals surface area contributed by atoms with Crippen molar-refractivity contribution in [3.63, 3.8) is 0 Å². The zero-order chi connectivity index (χ0) is 29.9. The first-order valence-electron chi connectivity index (χ1n) is 12.8. The average Bonchev–Trinajstić information content (AvgIpc) is 3.03. The molecule has 216 valence electrons. The number of alkyl halides is 3. The van der Waals surface area contributed by atoms with Gasteiger partial charge in [-0.15, -0.1) is 0 Å². The number of hydrogen-bond donors (Lipinski definition) is 2. The van der Waals surface area contributed by atoms with Crippen LogP contribution in [-0.2, 0) is 25.8 Å². The minimum Gasteiger partial charge on any atom is -0.325 e. The molecule has 8 nitrogen and oxygen atoms in total. The van der Waals surface area contributed by atoms with Crippen molar-refractivity contribution in [2.45, 2.75) is 43.5 Å². The van der Waals surface area contributed by atoms with E-state index >= 15 is 0 Å². The molecule has 12 heteroatoms. The Morgan fingerprint density at radius 1 is 0.976 bits per heavy atom. The number of benzene rings is 3. The number of anilines is 1. The van der Waals surface area contributed by atoms with E-state index < -0.39 is 50.7 Å². The monoisotopic (exact) mass is 586 g/mol. The Morgan fingerprint density at radius 2 is 1.59 bits per heavy atom. The molecule has 4 rings (SSSR count). The largest absolute Gasteiger partial charge is 0.416 e. The van der Waals surface area contributed by atoms with Gasteiger partial charge in [0.05, 0.1) is 21.9 Å². The number of rotatable bonds is 8. The number of carbonyl (C=O) groups excluding carboxylic acids is 2. The number of benzodiazepines with no additional fused rings is 1. The second kappa shape index (κ2) is 11.8.